The van der Waals surface area contributed by atoms with Crippen molar-refractivity contribution in [2.45, 2.75) is 33.9 Å². The second-order valence-electron chi connectivity index (χ2n) is 9.05. The molecule has 0 aliphatic carbocycles. The number of benzene rings is 2. The number of rotatable bonds is 3. The number of fused-ring (bicyclic) bond motifs is 3. The highest BCUT2D eigenvalue weighted by Crippen LogP contribution is 2.33. The zero-order valence-corrected chi connectivity index (χ0v) is 19.9. The summed E-state index contributed by atoms with van der Waals surface area (Å²) in [6.45, 7) is 7.80. The summed E-state index contributed by atoms with van der Waals surface area (Å²) in [6, 6.07) is 13.7. The van der Waals surface area contributed by atoms with Gasteiger partial charge in [0, 0.05) is 30.8 Å². The molecule has 0 unspecified atom stereocenters. The van der Waals surface area contributed by atoms with Crippen LogP contribution in [0.1, 0.15) is 23.6 Å². The Balaban J connectivity index is 1.72. The highest BCUT2D eigenvalue weighted by Gasteiger charge is 2.30. The fourth-order valence-electron chi connectivity index (χ4n) is 4.62. The predicted octanol–water partition coefficient (Wildman–Crippen LogP) is 4.00. The summed E-state index contributed by atoms with van der Waals surface area (Å²) in [7, 11) is 1.68. The van der Waals surface area contributed by atoms with Gasteiger partial charge in [0.15, 0.2) is 11.2 Å². The minimum atomic E-state index is -0.366. The molecule has 8 heteroatoms. The van der Waals surface area contributed by atoms with Crippen LogP contribution in [0.4, 0.5) is 11.6 Å². The lowest BCUT2D eigenvalue weighted by atomic mass is 10.1. The van der Waals surface area contributed by atoms with E-state index in [1.165, 1.54) is 9.13 Å². The standard InChI is InChI=1S/C25H26ClN5O2/c1-15-5-6-17(3)18(11-15)14-31-23(32)21-22(28(4)25(31)33)27-24-29(12-16(2)13-30(21)24)20-9-7-19(26)8-10-20/h5-11,16H,12-14H2,1-4H3/t16-/m1/s1. The monoisotopic (exact) mass is 463 g/mol. The molecule has 1 aliphatic heterocycles. The van der Waals surface area contributed by atoms with Gasteiger partial charge in [0.25, 0.3) is 5.56 Å². The van der Waals surface area contributed by atoms with Gasteiger partial charge in [0.05, 0.1) is 6.54 Å². The van der Waals surface area contributed by atoms with E-state index in [1.54, 1.807) is 7.05 Å². The minimum absolute atomic E-state index is 0.228. The van der Waals surface area contributed by atoms with Crippen molar-refractivity contribution in [3.63, 3.8) is 0 Å². The summed E-state index contributed by atoms with van der Waals surface area (Å²) in [6.07, 6.45) is 0. The Hall–Kier alpha value is -3.32. The molecule has 1 aliphatic rings. The number of hydrogen-bond donors (Lipinski definition) is 0. The lowest BCUT2D eigenvalue weighted by molar-refractivity contribution is 0.458. The first-order valence-corrected chi connectivity index (χ1v) is 11.4. The summed E-state index contributed by atoms with van der Waals surface area (Å²) >= 11 is 6.09. The Bertz CT molecular complexity index is 1500. The Morgan fingerprint density at radius 2 is 1.79 bits per heavy atom. The molecule has 0 saturated carbocycles. The van der Waals surface area contributed by atoms with Gasteiger partial charge in [0.2, 0.25) is 5.95 Å². The molecule has 2 aromatic heterocycles. The van der Waals surface area contributed by atoms with Gasteiger partial charge in [-0.25, -0.2) is 4.79 Å². The largest absolute Gasteiger partial charge is 0.332 e. The zero-order chi connectivity index (χ0) is 23.4. The Morgan fingerprint density at radius 3 is 2.52 bits per heavy atom. The van der Waals surface area contributed by atoms with E-state index in [4.69, 9.17) is 16.6 Å². The predicted molar refractivity (Wildman–Crippen MR) is 132 cm³/mol. The normalized spacial score (nSPS) is 15.8. The van der Waals surface area contributed by atoms with Crippen molar-refractivity contribution in [1.82, 2.24) is 18.7 Å². The molecule has 170 valence electrons. The lowest BCUT2D eigenvalue weighted by Gasteiger charge is -2.33. The van der Waals surface area contributed by atoms with Crippen molar-refractivity contribution in [2.75, 3.05) is 11.4 Å². The number of aromatic nitrogens is 4. The van der Waals surface area contributed by atoms with Crippen LogP contribution in [-0.2, 0) is 20.1 Å². The lowest BCUT2D eigenvalue weighted by Crippen LogP contribution is -2.40. The highest BCUT2D eigenvalue weighted by atomic mass is 35.5. The molecule has 4 aromatic rings. The molecule has 0 bridgehead atoms. The zero-order valence-electron chi connectivity index (χ0n) is 19.2. The molecule has 0 amide bonds. The third-order valence-corrected chi connectivity index (χ3v) is 6.67. The molecular formula is C25H26ClN5O2. The van der Waals surface area contributed by atoms with E-state index >= 15 is 0 Å². The van der Waals surface area contributed by atoms with Crippen LogP contribution in [0.15, 0.2) is 52.1 Å². The second kappa shape index (κ2) is 7.92. The molecule has 0 radical (unpaired) electrons. The summed E-state index contributed by atoms with van der Waals surface area (Å²) < 4.78 is 4.77. The Morgan fingerprint density at radius 1 is 1.06 bits per heavy atom. The maximum Gasteiger partial charge on any atom is 0.332 e. The average molecular weight is 464 g/mol. The third-order valence-electron chi connectivity index (χ3n) is 6.41. The van der Waals surface area contributed by atoms with Crippen molar-refractivity contribution in [3.05, 3.63) is 85.0 Å². The molecule has 0 saturated heterocycles. The van der Waals surface area contributed by atoms with Crippen LogP contribution in [0.2, 0.25) is 5.02 Å². The highest BCUT2D eigenvalue weighted by molar-refractivity contribution is 6.30. The molecule has 0 spiro atoms. The minimum Gasteiger partial charge on any atom is -0.312 e. The molecule has 5 rings (SSSR count). The smallest absolute Gasteiger partial charge is 0.312 e. The van der Waals surface area contributed by atoms with Crippen molar-refractivity contribution in [1.29, 1.82) is 0 Å². The summed E-state index contributed by atoms with van der Waals surface area (Å²) in [5.74, 6) is 0.955. The van der Waals surface area contributed by atoms with Gasteiger partial charge in [-0.05, 0) is 55.2 Å². The van der Waals surface area contributed by atoms with Crippen LogP contribution in [0.3, 0.4) is 0 Å². The molecule has 3 heterocycles. The summed E-state index contributed by atoms with van der Waals surface area (Å²) in [4.78, 5) is 33.8. The Kier molecular flexibility index (Phi) is 5.16. The average Bonchev–Trinajstić information content (AvgIpc) is 3.17. The van der Waals surface area contributed by atoms with Gasteiger partial charge in [-0.1, -0.05) is 42.3 Å². The maximum atomic E-state index is 13.7. The van der Waals surface area contributed by atoms with Gasteiger partial charge < -0.3 is 9.47 Å². The first kappa shape index (κ1) is 21.5. The van der Waals surface area contributed by atoms with E-state index < -0.39 is 0 Å². The first-order chi connectivity index (χ1) is 15.7. The molecule has 0 fully saturated rings. The second-order valence-corrected chi connectivity index (χ2v) is 9.49. The van der Waals surface area contributed by atoms with Gasteiger partial charge in [-0.15, -0.1) is 0 Å². The summed E-state index contributed by atoms with van der Waals surface area (Å²) in [5.41, 5.74) is 4.25. The van der Waals surface area contributed by atoms with Crippen LogP contribution < -0.4 is 16.1 Å². The van der Waals surface area contributed by atoms with Crippen molar-refractivity contribution >= 4 is 34.4 Å². The van der Waals surface area contributed by atoms with Gasteiger partial charge in [0.1, 0.15) is 0 Å². The van der Waals surface area contributed by atoms with Crippen molar-refractivity contribution < 1.29 is 0 Å². The fraction of sp³-hybridized carbons (Fsp3) is 0.320. The molecular weight excluding hydrogens is 438 g/mol. The number of anilines is 2. The van der Waals surface area contributed by atoms with E-state index in [-0.39, 0.29) is 23.7 Å². The molecule has 0 N–H and O–H groups in total. The van der Waals surface area contributed by atoms with Gasteiger partial charge >= 0.3 is 5.69 Å². The quantitative estimate of drug-likeness (QED) is 0.460. The number of halogens is 1. The van der Waals surface area contributed by atoms with Crippen molar-refractivity contribution in [2.24, 2.45) is 13.0 Å². The number of aryl methyl sites for hydroxylation is 3. The van der Waals surface area contributed by atoms with Gasteiger partial charge in [-0.3, -0.25) is 13.9 Å². The van der Waals surface area contributed by atoms with Crippen molar-refractivity contribution in [3.8, 4) is 0 Å². The topological polar surface area (TPSA) is 65.1 Å². The fourth-order valence-corrected chi connectivity index (χ4v) is 4.75. The van der Waals surface area contributed by atoms with Crippen LogP contribution in [-0.4, -0.2) is 25.2 Å². The first-order valence-electron chi connectivity index (χ1n) is 11.0. The molecule has 33 heavy (non-hydrogen) atoms. The number of nitrogens with zero attached hydrogens (tertiary/aromatic N) is 5. The number of hydrogen-bond acceptors (Lipinski definition) is 4. The van der Waals surface area contributed by atoms with Crippen LogP contribution in [0.5, 0.6) is 0 Å². The molecule has 1 atom stereocenters. The Labute approximate surface area is 196 Å². The molecule has 7 nitrogen and oxygen atoms in total. The molecule has 2 aromatic carbocycles. The van der Waals surface area contributed by atoms with E-state index in [0.29, 0.717) is 28.7 Å². The number of imidazole rings is 1. The van der Waals surface area contributed by atoms with Crippen LogP contribution >= 0.6 is 11.6 Å². The van der Waals surface area contributed by atoms with E-state index in [1.807, 2.05) is 60.9 Å². The maximum absolute atomic E-state index is 13.7. The summed E-state index contributed by atoms with van der Waals surface area (Å²) in [5, 5.41) is 0.661. The van der Waals surface area contributed by atoms with E-state index in [9.17, 15) is 9.59 Å². The van der Waals surface area contributed by atoms with E-state index in [2.05, 4.69) is 11.8 Å². The van der Waals surface area contributed by atoms with Crippen LogP contribution in [0.25, 0.3) is 11.2 Å². The SMILES string of the molecule is Cc1ccc(C)c(Cn2c(=O)c3c(nc4n3C[C@H](C)CN4c3ccc(Cl)cc3)n(C)c2=O)c1. The van der Waals surface area contributed by atoms with Crippen LogP contribution in [0, 0.1) is 19.8 Å². The van der Waals surface area contributed by atoms with E-state index in [0.717, 1.165) is 28.9 Å². The van der Waals surface area contributed by atoms with Gasteiger partial charge in [-0.2, -0.15) is 4.98 Å². The third kappa shape index (κ3) is 3.56.